The maximum absolute atomic E-state index is 12.3. The van der Waals surface area contributed by atoms with Gasteiger partial charge < -0.3 is 10.6 Å². The molecule has 1 aliphatic heterocycles. The highest BCUT2D eigenvalue weighted by molar-refractivity contribution is 5.97. The number of piperidine rings is 1. The zero-order valence-corrected chi connectivity index (χ0v) is 12.1. The van der Waals surface area contributed by atoms with Crippen molar-refractivity contribution in [3.05, 3.63) is 34.9 Å². The molecular weight excluding hydrogens is 236 g/mol. The average molecular weight is 260 g/mol. The predicted molar refractivity (Wildman–Crippen MR) is 78.5 cm³/mol. The molecule has 2 N–H and O–H groups in total. The molecule has 0 radical (unpaired) electrons. The van der Waals surface area contributed by atoms with Gasteiger partial charge in [-0.15, -0.1) is 0 Å². The zero-order valence-electron chi connectivity index (χ0n) is 12.1. The molecule has 1 fully saturated rings. The van der Waals surface area contributed by atoms with E-state index in [1.807, 2.05) is 32.0 Å². The minimum Gasteiger partial charge on any atom is -0.350 e. The number of carbonyl (C=O) groups is 1. The van der Waals surface area contributed by atoms with Gasteiger partial charge in [-0.2, -0.15) is 0 Å². The Morgan fingerprint density at radius 2 is 2.00 bits per heavy atom. The largest absolute Gasteiger partial charge is 0.350 e. The van der Waals surface area contributed by atoms with Crippen LogP contribution in [0.5, 0.6) is 0 Å². The molecule has 2 unspecified atom stereocenters. The maximum atomic E-state index is 12.3. The van der Waals surface area contributed by atoms with E-state index in [4.69, 9.17) is 0 Å². The molecule has 2 rings (SSSR count). The summed E-state index contributed by atoms with van der Waals surface area (Å²) in [6.07, 6.45) is 3.64. The van der Waals surface area contributed by atoms with Crippen molar-refractivity contribution in [2.75, 3.05) is 6.54 Å². The predicted octanol–water partition coefficient (Wildman–Crippen LogP) is 2.56. The van der Waals surface area contributed by atoms with Gasteiger partial charge in [0.15, 0.2) is 0 Å². The van der Waals surface area contributed by atoms with Crippen LogP contribution in [0.3, 0.4) is 0 Å². The first-order valence-electron chi connectivity index (χ1n) is 7.18. The standard InChI is InChI=1S/C16H24N2O/c1-11-6-4-7-12(2)15(11)16(19)17-10-14-9-5-8-13(3)18-14/h4,6-7,13-14,18H,5,8-10H2,1-3H3,(H,17,19). The van der Waals surface area contributed by atoms with Crippen molar-refractivity contribution in [1.29, 1.82) is 0 Å². The molecule has 19 heavy (non-hydrogen) atoms. The quantitative estimate of drug-likeness (QED) is 0.877. The van der Waals surface area contributed by atoms with Gasteiger partial charge in [0, 0.05) is 24.2 Å². The molecular formula is C16H24N2O. The van der Waals surface area contributed by atoms with Gasteiger partial charge in [0.2, 0.25) is 0 Å². The Bertz CT molecular complexity index is 436. The fourth-order valence-electron chi connectivity index (χ4n) is 2.88. The van der Waals surface area contributed by atoms with Crippen LogP contribution >= 0.6 is 0 Å². The molecule has 0 spiro atoms. The number of hydrogen-bond acceptors (Lipinski definition) is 2. The van der Waals surface area contributed by atoms with E-state index in [1.165, 1.54) is 12.8 Å². The van der Waals surface area contributed by atoms with Gasteiger partial charge in [-0.25, -0.2) is 0 Å². The Balaban J connectivity index is 1.94. The van der Waals surface area contributed by atoms with E-state index < -0.39 is 0 Å². The van der Waals surface area contributed by atoms with Crippen LogP contribution in [0.1, 0.15) is 47.7 Å². The highest BCUT2D eigenvalue weighted by Gasteiger charge is 2.19. The summed E-state index contributed by atoms with van der Waals surface area (Å²) in [5.74, 6) is 0.0515. The lowest BCUT2D eigenvalue weighted by Crippen LogP contribution is -2.47. The second-order valence-corrected chi connectivity index (χ2v) is 5.67. The molecule has 3 nitrogen and oxygen atoms in total. The lowest BCUT2D eigenvalue weighted by atomic mass is 9.99. The Morgan fingerprint density at radius 1 is 1.32 bits per heavy atom. The summed E-state index contributed by atoms with van der Waals surface area (Å²) >= 11 is 0. The summed E-state index contributed by atoms with van der Waals surface area (Å²) in [4.78, 5) is 12.3. The number of amides is 1. The van der Waals surface area contributed by atoms with Crippen molar-refractivity contribution >= 4 is 5.91 Å². The normalized spacial score (nSPS) is 23.1. The van der Waals surface area contributed by atoms with Crippen molar-refractivity contribution in [2.45, 2.75) is 52.1 Å². The first-order chi connectivity index (χ1) is 9.08. The van der Waals surface area contributed by atoms with Gasteiger partial charge in [0.05, 0.1) is 0 Å². The zero-order chi connectivity index (χ0) is 13.8. The van der Waals surface area contributed by atoms with Crippen LogP contribution in [0.15, 0.2) is 18.2 Å². The smallest absolute Gasteiger partial charge is 0.251 e. The van der Waals surface area contributed by atoms with E-state index >= 15 is 0 Å². The van der Waals surface area contributed by atoms with Gasteiger partial charge in [-0.05, 0) is 44.7 Å². The van der Waals surface area contributed by atoms with E-state index in [0.717, 1.165) is 29.7 Å². The Labute approximate surface area is 115 Å². The van der Waals surface area contributed by atoms with Crippen molar-refractivity contribution in [2.24, 2.45) is 0 Å². The average Bonchev–Trinajstić information content (AvgIpc) is 2.36. The third-order valence-corrected chi connectivity index (χ3v) is 3.93. The van der Waals surface area contributed by atoms with Gasteiger partial charge in [0.25, 0.3) is 5.91 Å². The topological polar surface area (TPSA) is 41.1 Å². The Hall–Kier alpha value is -1.35. The molecule has 0 aliphatic carbocycles. The molecule has 1 amide bonds. The van der Waals surface area contributed by atoms with Crippen LogP contribution in [0.2, 0.25) is 0 Å². The van der Waals surface area contributed by atoms with Gasteiger partial charge in [-0.3, -0.25) is 4.79 Å². The van der Waals surface area contributed by atoms with Crippen LogP contribution in [-0.2, 0) is 0 Å². The molecule has 1 saturated heterocycles. The SMILES string of the molecule is Cc1cccc(C)c1C(=O)NCC1CCCC(C)N1. The molecule has 1 heterocycles. The van der Waals surface area contributed by atoms with Crippen molar-refractivity contribution < 1.29 is 4.79 Å². The molecule has 0 aromatic heterocycles. The number of rotatable bonds is 3. The molecule has 0 saturated carbocycles. The van der Waals surface area contributed by atoms with E-state index in [9.17, 15) is 4.79 Å². The second-order valence-electron chi connectivity index (χ2n) is 5.67. The van der Waals surface area contributed by atoms with Gasteiger partial charge >= 0.3 is 0 Å². The summed E-state index contributed by atoms with van der Waals surface area (Å²) in [6, 6.07) is 6.95. The second kappa shape index (κ2) is 6.20. The number of carbonyl (C=O) groups excluding carboxylic acids is 1. The van der Waals surface area contributed by atoms with E-state index in [2.05, 4.69) is 17.6 Å². The Morgan fingerprint density at radius 3 is 2.63 bits per heavy atom. The highest BCUT2D eigenvalue weighted by atomic mass is 16.1. The molecule has 1 aromatic rings. The summed E-state index contributed by atoms with van der Waals surface area (Å²) < 4.78 is 0. The molecule has 2 atom stereocenters. The summed E-state index contributed by atoms with van der Waals surface area (Å²) in [5, 5.41) is 6.61. The third kappa shape index (κ3) is 3.57. The number of nitrogens with one attached hydrogen (secondary N) is 2. The minimum atomic E-state index is 0.0515. The van der Waals surface area contributed by atoms with Crippen LogP contribution in [0.4, 0.5) is 0 Å². The molecule has 0 bridgehead atoms. The first-order valence-corrected chi connectivity index (χ1v) is 7.18. The summed E-state index contributed by atoms with van der Waals surface area (Å²) in [7, 11) is 0. The Kier molecular flexibility index (Phi) is 4.59. The van der Waals surface area contributed by atoms with Crippen molar-refractivity contribution in [3.63, 3.8) is 0 Å². The summed E-state index contributed by atoms with van der Waals surface area (Å²) in [6.45, 7) is 6.90. The fourth-order valence-corrected chi connectivity index (χ4v) is 2.88. The lowest BCUT2D eigenvalue weighted by molar-refractivity contribution is 0.0945. The lowest BCUT2D eigenvalue weighted by Gasteiger charge is -2.29. The van der Waals surface area contributed by atoms with Crippen molar-refractivity contribution in [3.8, 4) is 0 Å². The number of benzene rings is 1. The van der Waals surface area contributed by atoms with Gasteiger partial charge in [0.1, 0.15) is 0 Å². The third-order valence-electron chi connectivity index (χ3n) is 3.93. The van der Waals surface area contributed by atoms with Crippen LogP contribution in [0, 0.1) is 13.8 Å². The van der Waals surface area contributed by atoms with Crippen LogP contribution < -0.4 is 10.6 Å². The van der Waals surface area contributed by atoms with Crippen LogP contribution in [0.25, 0.3) is 0 Å². The molecule has 1 aliphatic rings. The first kappa shape index (κ1) is 14.1. The molecule has 1 aromatic carbocycles. The van der Waals surface area contributed by atoms with E-state index in [-0.39, 0.29) is 5.91 Å². The maximum Gasteiger partial charge on any atom is 0.251 e. The molecule has 3 heteroatoms. The summed E-state index contributed by atoms with van der Waals surface area (Å²) in [5.41, 5.74) is 2.91. The van der Waals surface area contributed by atoms with Crippen molar-refractivity contribution in [1.82, 2.24) is 10.6 Å². The number of aryl methyl sites for hydroxylation is 2. The molecule has 104 valence electrons. The number of hydrogen-bond donors (Lipinski definition) is 2. The highest BCUT2D eigenvalue weighted by Crippen LogP contribution is 2.14. The fraction of sp³-hybridized carbons (Fsp3) is 0.562. The monoisotopic (exact) mass is 260 g/mol. The van der Waals surface area contributed by atoms with E-state index in [1.54, 1.807) is 0 Å². The minimum absolute atomic E-state index is 0.0515. The van der Waals surface area contributed by atoms with Gasteiger partial charge in [-0.1, -0.05) is 24.6 Å². The van der Waals surface area contributed by atoms with E-state index in [0.29, 0.717) is 12.1 Å². The van der Waals surface area contributed by atoms with Crippen LogP contribution in [-0.4, -0.2) is 24.5 Å².